The number of anilines is 1. The molecule has 1 N–H and O–H groups in total. The highest BCUT2D eigenvalue weighted by Gasteiger charge is 2.38. The van der Waals surface area contributed by atoms with E-state index in [0.29, 0.717) is 5.69 Å². The van der Waals surface area contributed by atoms with Gasteiger partial charge in [0.05, 0.1) is 5.54 Å². The van der Waals surface area contributed by atoms with Crippen LogP contribution in [0.5, 0.6) is 0 Å². The van der Waals surface area contributed by atoms with Crippen LogP contribution in [-0.2, 0) is 0 Å². The zero-order valence-corrected chi connectivity index (χ0v) is 10.7. The SMILES string of the molecule is Fc1ccc(NC2=NC3(CCCC3)CS2)cc1F. The summed E-state index contributed by atoms with van der Waals surface area (Å²) in [5.41, 5.74) is 0.654. The Morgan fingerprint density at radius 3 is 2.67 bits per heavy atom. The Morgan fingerprint density at radius 2 is 1.94 bits per heavy atom. The number of rotatable bonds is 1. The van der Waals surface area contributed by atoms with E-state index in [1.807, 2.05) is 0 Å². The van der Waals surface area contributed by atoms with E-state index in [-0.39, 0.29) is 5.54 Å². The minimum absolute atomic E-state index is 0.103. The first kappa shape index (κ1) is 12.0. The number of nitrogens with one attached hydrogen (secondary N) is 1. The second kappa shape index (κ2) is 4.53. The number of hydrogen-bond donors (Lipinski definition) is 1. The molecule has 1 heterocycles. The lowest BCUT2D eigenvalue weighted by Crippen LogP contribution is -2.21. The first-order valence-corrected chi connectivity index (χ1v) is 7.10. The van der Waals surface area contributed by atoms with E-state index in [1.165, 1.54) is 18.9 Å². The summed E-state index contributed by atoms with van der Waals surface area (Å²) in [5, 5.41) is 3.89. The van der Waals surface area contributed by atoms with Crippen molar-refractivity contribution in [2.75, 3.05) is 11.1 Å². The number of nitrogens with zero attached hydrogens (tertiary/aromatic N) is 1. The second-order valence-corrected chi connectivity index (χ2v) is 5.86. The summed E-state index contributed by atoms with van der Waals surface area (Å²) >= 11 is 1.67. The van der Waals surface area contributed by atoms with Crippen LogP contribution in [0.2, 0.25) is 0 Å². The standard InChI is InChI=1S/C13H14F2N2S/c14-10-4-3-9(7-11(10)15)16-12-17-13(8-18-12)5-1-2-6-13/h3-4,7H,1-2,5-6,8H2,(H,16,17). The van der Waals surface area contributed by atoms with E-state index in [4.69, 9.17) is 4.99 Å². The lowest BCUT2D eigenvalue weighted by atomic mass is 10.0. The topological polar surface area (TPSA) is 24.4 Å². The van der Waals surface area contributed by atoms with Gasteiger partial charge in [-0.3, -0.25) is 4.99 Å². The lowest BCUT2D eigenvalue weighted by molar-refractivity contribution is 0.508. The van der Waals surface area contributed by atoms with Gasteiger partial charge in [-0.15, -0.1) is 0 Å². The van der Waals surface area contributed by atoms with Crippen molar-refractivity contribution in [1.82, 2.24) is 0 Å². The van der Waals surface area contributed by atoms with E-state index < -0.39 is 11.6 Å². The summed E-state index contributed by atoms with van der Waals surface area (Å²) in [7, 11) is 0. The number of aliphatic imine (C=N–C) groups is 1. The highest BCUT2D eigenvalue weighted by atomic mass is 32.2. The van der Waals surface area contributed by atoms with Gasteiger partial charge >= 0.3 is 0 Å². The zero-order chi connectivity index (χ0) is 12.6. The Labute approximate surface area is 109 Å². The molecule has 0 atom stereocenters. The highest BCUT2D eigenvalue weighted by Crippen LogP contribution is 2.41. The fraction of sp³-hybridized carbons (Fsp3) is 0.462. The molecule has 1 aromatic carbocycles. The molecule has 2 nitrogen and oxygen atoms in total. The van der Waals surface area contributed by atoms with Crippen LogP contribution in [0.4, 0.5) is 14.5 Å². The molecular formula is C13H14F2N2S. The molecule has 96 valence electrons. The monoisotopic (exact) mass is 268 g/mol. The van der Waals surface area contributed by atoms with E-state index in [2.05, 4.69) is 5.32 Å². The smallest absolute Gasteiger partial charge is 0.161 e. The lowest BCUT2D eigenvalue weighted by Gasteiger charge is -2.16. The van der Waals surface area contributed by atoms with Crippen molar-refractivity contribution < 1.29 is 8.78 Å². The predicted molar refractivity (Wildman–Crippen MR) is 71.1 cm³/mol. The molecule has 1 saturated carbocycles. The molecule has 1 aliphatic carbocycles. The summed E-state index contributed by atoms with van der Waals surface area (Å²) in [4.78, 5) is 4.72. The van der Waals surface area contributed by atoms with Crippen LogP contribution in [0.15, 0.2) is 23.2 Å². The second-order valence-electron chi connectivity index (χ2n) is 4.89. The Kier molecular flexibility index (Phi) is 3.01. The molecule has 5 heteroatoms. The molecule has 1 aliphatic heterocycles. The van der Waals surface area contributed by atoms with Crippen molar-refractivity contribution in [2.45, 2.75) is 31.2 Å². The number of halogens is 2. The molecule has 1 fully saturated rings. The highest BCUT2D eigenvalue weighted by molar-refractivity contribution is 8.14. The quantitative estimate of drug-likeness (QED) is 0.838. The van der Waals surface area contributed by atoms with Crippen LogP contribution < -0.4 is 5.32 Å². The largest absolute Gasteiger partial charge is 0.335 e. The van der Waals surface area contributed by atoms with Crippen LogP contribution >= 0.6 is 11.8 Å². The van der Waals surface area contributed by atoms with E-state index >= 15 is 0 Å². The van der Waals surface area contributed by atoms with E-state index in [0.717, 1.165) is 35.9 Å². The minimum Gasteiger partial charge on any atom is -0.335 e. The summed E-state index contributed by atoms with van der Waals surface area (Å²) in [5.74, 6) is -0.660. The number of thioether (sulfide) groups is 1. The third-order valence-corrected chi connectivity index (χ3v) is 4.67. The van der Waals surface area contributed by atoms with E-state index in [9.17, 15) is 8.78 Å². The molecular weight excluding hydrogens is 254 g/mol. The zero-order valence-electron chi connectivity index (χ0n) is 9.88. The molecule has 2 aliphatic rings. The maximum absolute atomic E-state index is 13.1. The van der Waals surface area contributed by atoms with Gasteiger partial charge in [0.2, 0.25) is 0 Å². The van der Waals surface area contributed by atoms with Crippen molar-refractivity contribution in [2.24, 2.45) is 4.99 Å². The molecule has 0 saturated heterocycles. The Balaban J connectivity index is 1.75. The Morgan fingerprint density at radius 1 is 1.17 bits per heavy atom. The van der Waals surface area contributed by atoms with Crippen molar-refractivity contribution >= 4 is 22.6 Å². The molecule has 3 rings (SSSR count). The van der Waals surface area contributed by atoms with Crippen LogP contribution in [0.25, 0.3) is 0 Å². The van der Waals surface area contributed by atoms with Gasteiger partial charge in [0.1, 0.15) is 0 Å². The molecule has 0 amide bonds. The molecule has 0 radical (unpaired) electrons. The molecule has 18 heavy (non-hydrogen) atoms. The average Bonchev–Trinajstić information content (AvgIpc) is 2.96. The van der Waals surface area contributed by atoms with Gasteiger partial charge < -0.3 is 5.32 Å². The van der Waals surface area contributed by atoms with Gasteiger partial charge in [0.15, 0.2) is 16.8 Å². The maximum atomic E-state index is 13.1. The van der Waals surface area contributed by atoms with Crippen molar-refractivity contribution in [1.29, 1.82) is 0 Å². The third-order valence-electron chi connectivity index (χ3n) is 3.52. The van der Waals surface area contributed by atoms with Gasteiger partial charge in [-0.2, -0.15) is 0 Å². The Bertz CT molecular complexity index is 496. The summed E-state index contributed by atoms with van der Waals surface area (Å²) in [6.07, 6.45) is 4.76. The number of benzene rings is 1. The molecule has 0 unspecified atom stereocenters. The number of hydrogen-bond acceptors (Lipinski definition) is 3. The van der Waals surface area contributed by atoms with Gasteiger partial charge in [-0.25, -0.2) is 8.78 Å². The first-order valence-electron chi connectivity index (χ1n) is 6.12. The first-order chi connectivity index (χ1) is 8.67. The average molecular weight is 268 g/mol. The normalized spacial score (nSPS) is 21.3. The van der Waals surface area contributed by atoms with Gasteiger partial charge in [-0.05, 0) is 25.0 Å². The van der Waals surface area contributed by atoms with Crippen LogP contribution in [0.3, 0.4) is 0 Å². The fourth-order valence-electron chi connectivity index (χ4n) is 2.53. The van der Waals surface area contributed by atoms with Gasteiger partial charge in [0.25, 0.3) is 0 Å². The van der Waals surface area contributed by atoms with Crippen molar-refractivity contribution in [3.63, 3.8) is 0 Å². The molecule has 0 aromatic heterocycles. The predicted octanol–water partition coefficient (Wildman–Crippen LogP) is 3.79. The summed E-state index contributed by atoms with van der Waals surface area (Å²) < 4.78 is 25.9. The van der Waals surface area contributed by atoms with Crippen molar-refractivity contribution in [3.8, 4) is 0 Å². The Hall–Kier alpha value is -1.10. The maximum Gasteiger partial charge on any atom is 0.161 e. The van der Waals surface area contributed by atoms with Crippen LogP contribution in [0, 0.1) is 11.6 Å². The summed E-state index contributed by atoms with van der Waals surface area (Å²) in [6.45, 7) is 0. The number of amidine groups is 1. The molecule has 0 bridgehead atoms. The summed E-state index contributed by atoms with van der Waals surface area (Å²) in [6, 6.07) is 3.82. The third kappa shape index (κ3) is 2.23. The van der Waals surface area contributed by atoms with Gasteiger partial charge in [0, 0.05) is 17.5 Å². The van der Waals surface area contributed by atoms with E-state index in [1.54, 1.807) is 11.8 Å². The van der Waals surface area contributed by atoms with Crippen LogP contribution in [0.1, 0.15) is 25.7 Å². The molecule has 1 spiro atoms. The molecule has 1 aromatic rings. The minimum atomic E-state index is -0.834. The van der Waals surface area contributed by atoms with Crippen molar-refractivity contribution in [3.05, 3.63) is 29.8 Å². The van der Waals surface area contributed by atoms with Crippen LogP contribution in [-0.4, -0.2) is 16.5 Å². The van der Waals surface area contributed by atoms with Gasteiger partial charge in [-0.1, -0.05) is 24.6 Å². The fourth-order valence-corrected chi connectivity index (χ4v) is 3.74.